The van der Waals surface area contributed by atoms with Gasteiger partial charge in [0, 0.05) is 5.33 Å². The molecule has 1 aromatic rings. The van der Waals surface area contributed by atoms with Crippen LogP contribution in [0.5, 0.6) is 0 Å². The zero-order chi connectivity index (χ0) is 12.0. The minimum atomic E-state index is 0.362. The molecule has 0 aromatic heterocycles. The molecule has 90 valence electrons. The van der Waals surface area contributed by atoms with Crippen molar-refractivity contribution < 1.29 is 0 Å². The van der Waals surface area contributed by atoms with Crippen LogP contribution in [0.2, 0.25) is 0 Å². The second kappa shape index (κ2) is 6.44. The maximum atomic E-state index is 3.49. The molecule has 0 aliphatic rings. The van der Waals surface area contributed by atoms with Gasteiger partial charge in [0.25, 0.3) is 0 Å². The Morgan fingerprint density at radius 2 is 1.75 bits per heavy atom. The molecule has 0 nitrogen and oxygen atoms in total. The third kappa shape index (κ3) is 3.35. The zero-order valence-electron chi connectivity index (χ0n) is 10.7. The molecule has 0 heterocycles. The topological polar surface area (TPSA) is 0 Å². The average Bonchev–Trinajstić information content (AvgIpc) is 2.36. The van der Waals surface area contributed by atoms with Crippen LogP contribution in [-0.2, 0) is 10.7 Å². The van der Waals surface area contributed by atoms with Crippen molar-refractivity contribution in [2.24, 2.45) is 0 Å². The fourth-order valence-corrected chi connectivity index (χ4v) is 2.46. The summed E-state index contributed by atoms with van der Waals surface area (Å²) in [6, 6.07) is 9.08. The zero-order valence-corrected chi connectivity index (χ0v) is 12.3. The molecule has 0 fully saturated rings. The van der Waals surface area contributed by atoms with Crippen LogP contribution in [0.3, 0.4) is 0 Å². The van der Waals surface area contributed by atoms with Crippen molar-refractivity contribution in [1.82, 2.24) is 0 Å². The normalized spacial score (nSPS) is 14.8. The SMILES string of the molecule is CCCCC(C)(CC)c1ccc(CBr)cc1. The van der Waals surface area contributed by atoms with Crippen molar-refractivity contribution in [3.8, 4) is 0 Å². The maximum Gasteiger partial charge on any atom is 0.0283 e. The molecule has 0 bridgehead atoms. The molecule has 0 amide bonds. The minimum Gasteiger partial charge on any atom is -0.0876 e. The monoisotopic (exact) mass is 282 g/mol. The number of benzene rings is 1. The fourth-order valence-electron chi connectivity index (χ4n) is 2.09. The van der Waals surface area contributed by atoms with Crippen LogP contribution in [-0.4, -0.2) is 0 Å². The predicted octanol–water partition coefficient (Wildman–Crippen LogP) is 5.44. The summed E-state index contributed by atoms with van der Waals surface area (Å²) in [7, 11) is 0. The molecular weight excluding hydrogens is 260 g/mol. The van der Waals surface area contributed by atoms with E-state index in [1.165, 1.54) is 36.8 Å². The molecule has 1 aromatic carbocycles. The van der Waals surface area contributed by atoms with Crippen LogP contribution < -0.4 is 0 Å². The van der Waals surface area contributed by atoms with Crippen molar-refractivity contribution in [2.45, 2.75) is 57.2 Å². The van der Waals surface area contributed by atoms with E-state index in [9.17, 15) is 0 Å². The van der Waals surface area contributed by atoms with Gasteiger partial charge in [-0.3, -0.25) is 0 Å². The van der Waals surface area contributed by atoms with Gasteiger partial charge in [0.1, 0.15) is 0 Å². The average molecular weight is 283 g/mol. The molecule has 0 aliphatic carbocycles. The smallest absolute Gasteiger partial charge is 0.0283 e. The fraction of sp³-hybridized carbons (Fsp3) is 0.600. The Hall–Kier alpha value is -0.300. The highest BCUT2D eigenvalue weighted by molar-refractivity contribution is 9.08. The minimum absolute atomic E-state index is 0.362. The van der Waals surface area contributed by atoms with Gasteiger partial charge in [-0.05, 0) is 29.4 Å². The summed E-state index contributed by atoms with van der Waals surface area (Å²) in [5.41, 5.74) is 3.21. The largest absolute Gasteiger partial charge is 0.0876 e. The van der Waals surface area contributed by atoms with Gasteiger partial charge in [-0.15, -0.1) is 0 Å². The Kier molecular flexibility index (Phi) is 5.54. The van der Waals surface area contributed by atoms with Crippen molar-refractivity contribution in [3.63, 3.8) is 0 Å². The molecular formula is C15H23Br. The first-order chi connectivity index (χ1) is 7.66. The first-order valence-corrected chi connectivity index (χ1v) is 7.43. The van der Waals surface area contributed by atoms with Gasteiger partial charge in [-0.2, -0.15) is 0 Å². The second-order valence-electron chi connectivity index (χ2n) is 4.85. The predicted molar refractivity (Wildman–Crippen MR) is 76.2 cm³/mol. The number of halogens is 1. The highest BCUT2D eigenvalue weighted by Gasteiger charge is 2.23. The molecule has 16 heavy (non-hydrogen) atoms. The maximum absolute atomic E-state index is 3.49. The van der Waals surface area contributed by atoms with Gasteiger partial charge >= 0.3 is 0 Å². The van der Waals surface area contributed by atoms with E-state index in [2.05, 4.69) is 61.0 Å². The summed E-state index contributed by atoms with van der Waals surface area (Å²) in [6.45, 7) is 6.96. The van der Waals surface area contributed by atoms with Gasteiger partial charge in [0.2, 0.25) is 0 Å². The standard InChI is InChI=1S/C15H23Br/c1-4-6-11-15(3,5-2)14-9-7-13(12-16)8-10-14/h7-10H,4-6,11-12H2,1-3H3. The summed E-state index contributed by atoms with van der Waals surface area (Å²) in [5.74, 6) is 0. The Morgan fingerprint density at radius 1 is 1.12 bits per heavy atom. The first kappa shape index (κ1) is 13.8. The van der Waals surface area contributed by atoms with Crippen LogP contribution in [0.15, 0.2) is 24.3 Å². The Morgan fingerprint density at radius 3 is 2.19 bits per heavy atom. The van der Waals surface area contributed by atoms with Crippen molar-refractivity contribution >= 4 is 15.9 Å². The molecule has 0 aliphatic heterocycles. The number of rotatable bonds is 6. The third-order valence-electron chi connectivity index (χ3n) is 3.67. The molecule has 1 unspecified atom stereocenters. The number of unbranched alkanes of at least 4 members (excludes halogenated alkanes) is 1. The summed E-state index contributed by atoms with van der Waals surface area (Å²) < 4.78 is 0. The van der Waals surface area contributed by atoms with Gasteiger partial charge in [0.15, 0.2) is 0 Å². The molecule has 0 N–H and O–H groups in total. The van der Waals surface area contributed by atoms with E-state index in [0.29, 0.717) is 5.41 Å². The molecule has 0 radical (unpaired) electrons. The molecule has 1 rings (SSSR count). The molecule has 0 saturated carbocycles. The Bertz CT molecular complexity index is 302. The Balaban J connectivity index is 2.84. The molecule has 1 heteroatoms. The van der Waals surface area contributed by atoms with Crippen LogP contribution in [0.4, 0.5) is 0 Å². The summed E-state index contributed by atoms with van der Waals surface area (Å²) in [5, 5.41) is 0.949. The quantitative estimate of drug-likeness (QED) is 0.610. The van der Waals surface area contributed by atoms with E-state index in [1.807, 2.05) is 0 Å². The van der Waals surface area contributed by atoms with E-state index in [0.717, 1.165) is 5.33 Å². The number of alkyl halides is 1. The lowest BCUT2D eigenvalue weighted by molar-refractivity contribution is 0.403. The summed E-state index contributed by atoms with van der Waals surface area (Å²) >= 11 is 3.49. The van der Waals surface area contributed by atoms with Crippen LogP contribution in [0, 0.1) is 0 Å². The van der Waals surface area contributed by atoms with Crippen molar-refractivity contribution in [2.75, 3.05) is 0 Å². The lowest BCUT2D eigenvalue weighted by Gasteiger charge is -2.29. The highest BCUT2D eigenvalue weighted by Crippen LogP contribution is 2.33. The lowest BCUT2D eigenvalue weighted by atomic mass is 9.76. The van der Waals surface area contributed by atoms with E-state index < -0.39 is 0 Å². The van der Waals surface area contributed by atoms with Crippen LogP contribution in [0.1, 0.15) is 57.6 Å². The third-order valence-corrected chi connectivity index (χ3v) is 4.32. The molecule has 1 atom stereocenters. The second-order valence-corrected chi connectivity index (χ2v) is 5.41. The first-order valence-electron chi connectivity index (χ1n) is 6.31. The van der Waals surface area contributed by atoms with E-state index >= 15 is 0 Å². The highest BCUT2D eigenvalue weighted by atomic mass is 79.9. The van der Waals surface area contributed by atoms with Gasteiger partial charge in [-0.1, -0.05) is 73.8 Å². The number of hydrogen-bond donors (Lipinski definition) is 0. The van der Waals surface area contributed by atoms with Gasteiger partial charge in [-0.25, -0.2) is 0 Å². The molecule has 0 spiro atoms. The Labute approximate surface area is 109 Å². The lowest BCUT2D eigenvalue weighted by Crippen LogP contribution is -2.20. The van der Waals surface area contributed by atoms with E-state index in [-0.39, 0.29) is 0 Å². The van der Waals surface area contributed by atoms with Crippen molar-refractivity contribution in [1.29, 1.82) is 0 Å². The van der Waals surface area contributed by atoms with Crippen molar-refractivity contribution in [3.05, 3.63) is 35.4 Å². The van der Waals surface area contributed by atoms with Crippen LogP contribution in [0.25, 0.3) is 0 Å². The van der Waals surface area contributed by atoms with E-state index in [1.54, 1.807) is 0 Å². The van der Waals surface area contributed by atoms with Gasteiger partial charge in [0.05, 0.1) is 0 Å². The molecule has 0 saturated heterocycles. The van der Waals surface area contributed by atoms with E-state index in [4.69, 9.17) is 0 Å². The number of hydrogen-bond acceptors (Lipinski definition) is 0. The summed E-state index contributed by atoms with van der Waals surface area (Å²) in [6.07, 6.45) is 5.13. The van der Waals surface area contributed by atoms with Gasteiger partial charge < -0.3 is 0 Å². The summed E-state index contributed by atoms with van der Waals surface area (Å²) in [4.78, 5) is 0. The van der Waals surface area contributed by atoms with Crippen LogP contribution >= 0.6 is 15.9 Å².